The molecule has 0 saturated carbocycles. The van der Waals surface area contributed by atoms with Gasteiger partial charge in [0.1, 0.15) is 10.3 Å². The van der Waals surface area contributed by atoms with Crippen molar-refractivity contribution < 1.29 is 18.7 Å². The first-order chi connectivity index (χ1) is 6.43. The van der Waals surface area contributed by atoms with Crippen LogP contribution in [0.4, 0.5) is 8.78 Å². The molecule has 3 nitrogen and oxygen atoms in total. The second-order valence-electron chi connectivity index (χ2n) is 2.30. The van der Waals surface area contributed by atoms with Gasteiger partial charge in [0.25, 0.3) is 6.43 Å². The maximum Gasteiger partial charge on any atom is 0.337 e. The number of hydrogen-bond donors (Lipinski definition) is 1. The summed E-state index contributed by atoms with van der Waals surface area (Å²) in [7, 11) is 0. The molecule has 14 heavy (non-hydrogen) atoms. The van der Waals surface area contributed by atoms with Crippen LogP contribution in [-0.2, 0) is 0 Å². The quantitative estimate of drug-likeness (QED) is 0.847. The van der Waals surface area contributed by atoms with Gasteiger partial charge in [-0.1, -0.05) is 0 Å². The molecule has 1 rings (SSSR count). The van der Waals surface area contributed by atoms with E-state index in [0.29, 0.717) is 4.47 Å². The van der Waals surface area contributed by atoms with Gasteiger partial charge < -0.3 is 5.11 Å². The number of hydrogen-bond acceptors (Lipinski definition) is 2. The summed E-state index contributed by atoms with van der Waals surface area (Å²) in [6, 6.07) is 1.08. The Morgan fingerprint density at radius 3 is 2.50 bits per heavy atom. The molecule has 0 aliphatic rings. The van der Waals surface area contributed by atoms with Crippen LogP contribution in [0.3, 0.4) is 0 Å². The first-order valence-electron chi connectivity index (χ1n) is 3.31. The second kappa shape index (κ2) is 4.31. The molecule has 0 aliphatic heterocycles. The molecule has 76 valence electrons. The number of carboxylic acid groups (broad SMARTS) is 1. The number of rotatable bonds is 2. The average Bonchev–Trinajstić information content (AvgIpc) is 2.08. The average molecular weight is 331 g/mol. The van der Waals surface area contributed by atoms with Gasteiger partial charge in [-0.15, -0.1) is 0 Å². The van der Waals surface area contributed by atoms with Crippen molar-refractivity contribution in [2.45, 2.75) is 6.43 Å². The van der Waals surface area contributed by atoms with Crippen molar-refractivity contribution in [3.8, 4) is 0 Å². The van der Waals surface area contributed by atoms with E-state index in [9.17, 15) is 13.6 Å². The SMILES string of the molecule is O=C(O)c1cc(Br)c(Br)nc1C(F)F. The van der Waals surface area contributed by atoms with Crippen molar-refractivity contribution in [3.63, 3.8) is 0 Å². The number of carboxylic acids is 1. The van der Waals surface area contributed by atoms with Crippen LogP contribution in [0.2, 0.25) is 0 Å². The van der Waals surface area contributed by atoms with Crippen molar-refractivity contribution in [1.29, 1.82) is 0 Å². The molecule has 0 spiro atoms. The van der Waals surface area contributed by atoms with Crippen molar-refractivity contribution in [1.82, 2.24) is 4.98 Å². The largest absolute Gasteiger partial charge is 0.478 e. The minimum Gasteiger partial charge on any atom is -0.478 e. The predicted molar refractivity (Wildman–Crippen MR) is 51.6 cm³/mol. The van der Waals surface area contributed by atoms with Crippen LogP contribution in [0, 0.1) is 0 Å². The number of alkyl halides is 2. The lowest BCUT2D eigenvalue weighted by Crippen LogP contribution is -2.06. The minimum atomic E-state index is -2.91. The number of carbonyl (C=O) groups is 1. The third-order valence-electron chi connectivity index (χ3n) is 1.40. The second-order valence-corrected chi connectivity index (χ2v) is 3.91. The molecule has 1 N–H and O–H groups in total. The van der Waals surface area contributed by atoms with Gasteiger partial charge in [0, 0.05) is 0 Å². The van der Waals surface area contributed by atoms with E-state index >= 15 is 0 Å². The van der Waals surface area contributed by atoms with Crippen LogP contribution in [0.25, 0.3) is 0 Å². The molecule has 0 radical (unpaired) electrons. The lowest BCUT2D eigenvalue weighted by atomic mass is 10.2. The van der Waals surface area contributed by atoms with Crippen LogP contribution < -0.4 is 0 Å². The smallest absolute Gasteiger partial charge is 0.337 e. The van der Waals surface area contributed by atoms with Gasteiger partial charge in [-0.05, 0) is 37.9 Å². The van der Waals surface area contributed by atoms with Crippen LogP contribution in [0.15, 0.2) is 15.1 Å². The van der Waals surface area contributed by atoms with Crippen LogP contribution in [-0.4, -0.2) is 16.1 Å². The fraction of sp³-hybridized carbons (Fsp3) is 0.143. The van der Waals surface area contributed by atoms with Gasteiger partial charge in [0.05, 0.1) is 10.0 Å². The molecule has 0 aromatic carbocycles. The zero-order valence-corrected chi connectivity index (χ0v) is 9.64. The highest BCUT2D eigenvalue weighted by Crippen LogP contribution is 2.28. The molecule has 0 fully saturated rings. The summed E-state index contributed by atoms with van der Waals surface area (Å²) < 4.78 is 25.1. The standard InChI is InChI=1S/C7H3Br2F2NO2/c8-3-1-2(7(13)14)4(6(10)11)12-5(3)9/h1,6H,(H,13,14). The van der Waals surface area contributed by atoms with Gasteiger partial charge in [-0.3, -0.25) is 0 Å². The van der Waals surface area contributed by atoms with Crippen molar-refractivity contribution >= 4 is 37.8 Å². The van der Waals surface area contributed by atoms with Crippen LogP contribution in [0.5, 0.6) is 0 Å². The normalized spacial score (nSPS) is 10.6. The Bertz CT molecular complexity index is 384. The summed E-state index contributed by atoms with van der Waals surface area (Å²) in [5, 5.41) is 8.62. The van der Waals surface area contributed by atoms with E-state index in [-0.39, 0.29) is 4.60 Å². The summed E-state index contributed by atoms with van der Waals surface area (Å²) in [4.78, 5) is 14.0. The zero-order chi connectivity index (χ0) is 10.9. The van der Waals surface area contributed by atoms with Crippen LogP contribution >= 0.6 is 31.9 Å². The van der Waals surface area contributed by atoms with Crippen molar-refractivity contribution in [2.75, 3.05) is 0 Å². The lowest BCUT2D eigenvalue weighted by molar-refractivity contribution is 0.0682. The Balaban J connectivity index is 3.39. The van der Waals surface area contributed by atoms with Crippen molar-refractivity contribution in [3.05, 3.63) is 26.4 Å². The Morgan fingerprint density at radius 1 is 1.50 bits per heavy atom. The fourth-order valence-corrected chi connectivity index (χ4v) is 1.44. The summed E-state index contributed by atoms with van der Waals surface area (Å²) >= 11 is 5.89. The van der Waals surface area contributed by atoms with Gasteiger partial charge in [-0.2, -0.15) is 0 Å². The van der Waals surface area contributed by atoms with E-state index in [0.717, 1.165) is 6.07 Å². The number of aromatic nitrogens is 1. The third-order valence-corrected chi connectivity index (χ3v) is 3.14. The Morgan fingerprint density at radius 2 is 2.07 bits per heavy atom. The molecule has 0 amide bonds. The topological polar surface area (TPSA) is 50.2 Å². The molecule has 0 saturated heterocycles. The Kier molecular flexibility index (Phi) is 3.54. The molecule has 0 bridgehead atoms. The number of halogens is 4. The molecule has 0 aliphatic carbocycles. The molecular formula is C7H3Br2F2NO2. The monoisotopic (exact) mass is 329 g/mol. The van der Waals surface area contributed by atoms with Gasteiger partial charge >= 0.3 is 5.97 Å². The van der Waals surface area contributed by atoms with E-state index in [1.165, 1.54) is 0 Å². The fourth-order valence-electron chi connectivity index (χ4n) is 0.817. The van der Waals surface area contributed by atoms with E-state index in [2.05, 4.69) is 36.8 Å². The third kappa shape index (κ3) is 2.27. The zero-order valence-electron chi connectivity index (χ0n) is 6.47. The summed E-state index contributed by atoms with van der Waals surface area (Å²) in [5.41, 5.74) is -1.25. The lowest BCUT2D eigenvalue weighted by Gasteiger charge is -2.05. The van der Waals surface area contributed by atoms with Crippen LogP contribution in [0.1, 0.15) is 22.5 Å². The first-order valence-corrected chi connectivity index (χ1v) is 4.89. The molecule has 1 aromatic rings. The van der Waals surface area contributed by atoms with E-state index in [1.54, 1.807) is 0 Å². The molecule has 1 aromatic heterocycles. The highest BCUT2D eigenvalue weighted by molar-refractivity contribution is 9.13. The first kappa shape index (κ1) is 11.5. The van der Waals surface area contributed by atoms with E-state index < -0.39 is 23.7 Å². The summed E-state index contributed by atoms with van der Waals surface area (Å²) in [6.45, 7) is 0. The van der Waals surface area contributed by atoms with Gasteiger partial charge in [0.15, 0.2) is 0 Å². The predicted octanol–water partition coefficient (Wildman–Crippen LogP) is 3.24. The minimum absolute atomic E-state index is 0.151. The Hall–Kier alpha value is -0.560. The van der Waals surface area contributed by atoms with Gasteiger partial charge in [0.2, 0.25) is 0 Å². The van der Waals surface area contributed by atoms with Crippen molar-refractivity contribution in [2.24, 2.45) is 0 Å². The number of aromatic carboxylic acids is 1. The highest BCUT2D eigenvalue weighted by atomic mass is 79.9. The molecule has 7 heteroatoms. The highest BCUT2D eigenvalue weighted by Gasteiger charge is 2.21. The molecule has 0 atom stereocenters. The summed E-state index contributed by atoms with van der Waals surface area (Å²) in [5.74, 6) is -1.43. The maximum atomic E-state index is 12.3. The summed E-state index contributed by atoms with van der Waals surface area (Å²) in [6.07, 6.45) is -2.91. The molecular weight excluding hydrogens is 328 g/mol. The van der Waals surface area contributed by atoms with Gasteiger partial charge in [-0.25, -0.2) is 18.6 Å². The Labute approximate surface area is 94.4 Å². The maximum absolute atomic E-state index is 12.3. The number of nitrogens with zero attached hydrogens (tertiary/aromatic N) is 1. The number of pyridine rings is 1. The van der Waals surface area contributed by atoms with E-state index in [4.69, 9.17) is 5.11 Å². The van der Waals surface area contributed by atoms with E-state index in [1.807, 2.05) is 0 Å². The molecule has 1 heterocycles. The molecule has 0 unspecified atom stereocenters.